The van der Waals surface area contributed by atoms with Crippen LogP contribution in [0.25, 0.3) is 0 Å². The van der Waals surface area contributed by atoms with Gasteiger partial charge >= 0.3 is 0 Å². The Morgan fingerprint density at radius 2 is 2.46 bits per heavy atom. The van der Waals surface area contributed by atoms with Crippen LogP contribution in [0, 0.1) is 0 Å². The normalized spacial score (nSPS) is 20.1. The molecule has 0 saturated carbocycles. The lowest BCUT2D eigenvalue weighted by atomic mass is 10.1. The van der Waals surface area contributed by atoms with E-state index < -0.39 is 5.91 Å². The molecule has 1 aliphatic heterocycles. The van der Waals surface area contributed by atoms with Crippen LogP contribution < -0.4 is 11.1 Å². The quantitative estimate of drug-likeness (QED) is 0.581. The average Bonchev–Trinajstić information content (AvgIpc) is 2.01. The summed E-state index contributed by atoms with van der Waals surface area (Å²) < 4.78 is 5.03. The number of ether oxygens (including phenoxy) is 1. The number of nitrogens with two attached hydrogens (primary N) is 1. The van der Waals surface area contributed by atoms with Crippen LogP contribution in [0.2, 0.25) is 0 Å². The molecule has 0 aliphatic carbocycles. The van der Waals surface area contributed by atoms with Gasteiger partial charge in [0, 0.05) is 12.1 Å². The van der Waals surface area contributed by atoms with Gasteiger partial charge in [0.05, 0.1) is 19.3 Å². The van der Waals surface area contributed by atoms with E-state index in [1.165, 1.54) is 6.08 Å². The van der Waals surface area contributed by atoms with Crippen molar-refractivity contribution in [3.63, 3.8) is 0 Å². The molecule has 4 heteroatoms. The Kier molecular flexibility index (Phi) is 3.92. The minimum atomic E-state index is -0.398. The van der Waals surface area contributed by atoms with Crippen molar-refractivity contribution in [2.45, 2.75) is 25.4 Å². The molecule has 1 unspecified atom stereocenters. The fourth-order valence-corrected chi connectivity index (χ4v) is 1.16. The van der Waals surface area contributed by atoms with E-state index in [9.17, 15) is 4.79 Å². The smallest absolute Gasteiger partial charge is 0.241 e. The molecule has 1 heterocycles. The van der Waals surface area contributed by atoms with Crippen LogP contribution in [0.4, 0.5) is 0 Å². The van der Waals surface area contributed by atoms with Crippen molar-refractivity contribution in [3.8, 4) is 0 Å². The maximum Gasteiger partial charge on any atom is 0.241 e. The molecule has 0 aromatic rings. The molecule has 1 rings (SSSR count). The predicted molar refractivity (Wildman–Crippen MR) is 50.2 cm³/mol. The summed E-state index contributed by atoms with van der Waals surface area (Å²) in [6.45, 7) is 3.59. The summed E-state index contributed by atoms with van der Waals surface area (Å²) >= 11 is 0. The van der Waals surface area contributed by atoms with Crippen molar-refractivity contribution in [2.75, 3.05) is 13.2 Å². The number of carbonyl (C=O) groups is 1. The third-order valence-corrected chi connectivity index (χ3v) is 2.02. The van der Waals surface area contributed by atoms with E-state index in [1.807, 2.05) is 0 Å². The van der Waals surface area contributed by atoms with Gasteiger partial charge in [0.15, 0.2) is 0 Å². The first kappa shape index (κ1) is 10.2. The largest absolute Gasteiger partial charge is 0.378 e. The zero-order chi connectivity index (χ0) is 9.68. The van der Waals surface area contributed by atoms with Crippen molar-refractivity contribution in [2.24, 2.45) is 5.73 Å². The Morgan fingerprint density at radius 1 is 1.77 bits per heavy atom. The van der Waals surface area contributed by atoms with Gasteiger partial charge in [-0.25, -0.2) is 0 Å². The summed E-state index contributed by atoms with van der Waals surface area (Å²) in [6.07, 6.45) is 4.15. The minimum absolute atomic E-state index is 0.224. The lowest BCUT2D eigenvalue weighted by Gasteiger charge is -2.30. The fourth-order valence-electron chi connectivity index (χ4n) is 1.16. The second-order valence-electron chi connectivity index (χ2n) is 3.18. The highest BCUT2D eigenvalue weighted by atomic mass is 16.5. The van der Waals surface area contributed by atoms with E-state index in [2.05, 4.69) is 12.2 Å². The van der Waals surface area contributed by atoms with E-state index in [4.69, 9.17) is 10.5 Å². The SMILES string of the molecule is CCC(C=CC(N)=O)NC1COC1. The first-order valence-corrected chi connectivity index (χ1v) is 4.53. The monoisotopic (exact) mass is 184 g/mol. The Balaban J connectivity index is 2.28. The molecule has 4 nitrogen and oxygen atoms in total. The number of hydrogen-bond acceptors (Lipinski definition) is 3. The summed E-state index contributed by atoms with van der Waals surface area (Å²) in [6, 6.07) is 0.656. The summed E-state index contributed by atoms with van der Waals surface area (Å²) in [5.74, 6) is -0.398. The van der Waals surface area contributed by atoms with Crippen LogP contribution >= 0.6 is 0 Å². The molecule has 0 bridgehead atoms. The third kappa shape index (κ3) is 3.57. The van der Waals surface area contributed by atoms with Gasteiger partial charge in [-0.05, 0) is 6.42 Å². The second kappa shape index (κ2) is 4.99. The molecule has 1 aliphatic rings. The van der Waals surface area contributed by atoms with Gasteiger partial charge in [-0.3, -0.25) is 4.79 Å². The number of carbonyl (C=O) groups excluding carboxylic acids is 1. The lowest BCUT2D eigenvalue weighted by molar-refractivity contribution is -0.113. The molecular weight excluding hydrogens is 168 g/mol. The van der Waals surface area contributed by atoms with E-state index in [0.717, 1.165) is 19.6 Å². The molecule has 0 aromatic carbocycles. The maximum absolute atomic E-state index is 10.5. The van der Waals surface area contributed by atoms with Gasteiger partial charge in [-0.15, -0.1) is 0 Å². The van der Waals surface area contributed by atoms with Crippen LogP contribution in [-0.2, 0) is 9.53 Å². The van der Waals surface area contributed by atoms with E-state index in [1.54, 1.807) is 6.08 Å². The maximum atomic E-state index is 10.5. The lowest BCUT2D eigenvalue weighted by Crippen LogP contribution is -2.49. The third-order valence-electron chi connectivity index (χ3n) is 2.02. The predicted octanol–water partition coefficient (Wildman–Crippen LogP) is -0.205. The van der Waals surface area contributed by atoms with Crippen molar-refractivity contribution in [3.05, 3.63) is 12.2 Å². The average molecular weight is 184 g/mol. The fraction of sp³-hybridized carbons (Fsp3) is 0.667. The first-order valence-electron chi connectivity index (χ1n) is 4.53. The molecular formula is C9H16N2O2. The number of hydrogen-bond donors (Lipinski definition) is 2. The zero-order valence-corrected chi connectivity index (χ0v) is 7.82. The molecule has 0 aromatic heterocycles. The van der Waals surface area contributed by atoms with Gasteiger partial charge in [0.25, 0.3) is 0 Å². The Bertz CT molecular complexity index is 200. The van der Waals surface area contributed by atoms with Gasteiger partial charge < -0.3 is 15.8 Å². The Labute approximate surface area is 78.1 Å². The summed E-state index contributed by atoms with van der Waals surface area (Å²) in [5.41, 5.74) is 4.99. The number of nitrogens with one attached hydrogen (secondary N) is 1. The Hall–Kier alpha value is -0.870. The molecule has 0 radical (unpaired) electrons. The molecule has 3 N–H and O–H groups in total. The minimum Gasteiger partial charge on any atom is -0.378 e. The van der Waals surface area contributed by atoms with Gasteiger partial charge in [-0.2, -0.15) is 0 Å². The standard InChI is InChI=1S/C9H16N2O2/c1-2-7(3-4-9(10)12)11-8-5-13-6-8/h3-4,7-8,11H,2,5-6H2,1H3,(H2,10,12). The van der Waals surface area contributed by atoms with Crippen molar-refractivity contribution >= 4 is 5.91 Å². The molecule has 1 atom stereocenters. The Morgan fingerprint density at radius 3 is 2.85 bits per heavy atom. The highest BCUT2D eigenvalue weighted by Gasteiger charge is 2.19. The number of amides is 1. The topological polar surface area (TPSA) is 64.4 Å². The van der Waals surface area contributed by atoms with E-state index in [0.29, 0.717) is 6.04 Å². The molecule has 1 fully saturated rings. The molecule has 13 heavy (non-hydrogen) atoms. The molecule has 0 spiro atoms. The molecule has 74 valence electrons. The van der Waals surface area contributed by atoms with Crippen LogP contribution in [0.5, 0.6) is 0 Å². The van der Waals surface area contributed by atoms with E-state index >= 15 is 0 Å². The van der Waals surface area contributed by atoms with Crippen molar-refractivity contribution in [1.82, 2.24) is 5.32 Å². The second-order valence-corrected chi connectivity index (χ2v) is 3.18. The molecule has 1 amide bonds. The van der Waals surface area contributed by atoms with E-state index in [-0.39, 0.29) is 6.04 Å². The van der Waals surface area contributed by atoms with Crippen molar-refractivity contribution in [1.29, 1.82) is 0 Å². The number of rotatable bonds is 5. The zero-order valence-electron chi connectivity index (χ0n) is 7.82. The van der Waals surface area contributed by atoms with Crippen molar-refractivity contribution < 1.29 is 9.53 Å². The van der Waals surface area contributed by atoms with Gasteiger partial charge in [0.2, 0.25) is 5.91 Å². The van der Waals surface area contributed by atoms with Crippen LogP contribution in [0.3, 0.4) is 0 Å². The van der Waals surface area contributed by atoms with Crippen LogP contribution in [-0.4, -0.2) is 31.2 Å². The number of primary amides is 1. The van der Waals surface area contributed by atoms with Crippen LogP contribution in [0.1, 0.15) is 13.3 Å². The highest BCUT2D eigenvalue weighted by Crippen LogP contribution is 2.03. The highest BCUT2D eigenvalue weighted by molar-refractivity contribution is 5.85. The van der Waals surface area contributed by atoms with Crippen LogP contribution in [0.15, 0.2) is 12.2 Å². The first-order chi connectivity index (χ1) is 6.22. The summed E-state index contributed by atoms with van der Waals surface area (Å²) in [4.78, 5) is 10.5. The van der Waals surface area contributed by atoms with Gasteiger partial charge in [0.1, 0.15) is 0 Å². The van der Waals surface area contributed by atoms with Gasteiger partial charge in [-0.1, -0.05) is 13.0 Å². The summed E-state index contributed by atoms with van der Waals surface area (Å²) in [7, 11) is 0. The summed E-state index contributed by atoms with van der Waals surface area (Å²) in [5, 5.41) is 3.34. The molecule has 1 saturated heterocycles.